The summed E-state index contributed by atoms with van der Waals surface area (Å²) in [6.45, 7) is 6.03. The second-order valence-electron chi connectivity index (χ2n) is 7.64. The Morgan fingerprint density at radius 2 is 2.00 bits per heavy atom. The lowest BCUT2D eigenvalue weighted by Crippen LogP contribution is -2.12. The molecule has 166 valence electrons. The summed E-state index contributed by atoms with van der Waals surface area (Å²) in [5.74, 6) is 0.204. The van der Waals surface area contributed by atoms with Crippen LogP contribution in [0.2, 0.25) is 0 Å². The number of carbonyl (C=O) groups excluding carboxylic acids is 2. The van der Waals surface area contributed by atoms with E-state index in [2.05, 4.69) is 20.5 Å². The van der Waals surface area contributed by atoms with Crippen LogP contribution in [0.3, 0.4) is 0 Å². The normalized spacial score (nSPS) is 11.4. The zero-order valence-corrected chi connectivity index (χ0v) is 19.6. The molecule has 32 heavy (non-hydrogen) atoms. The second-order valence-corrected chi connectivity index (χ2v) is 9.70. The van der Waals surface area contributed by atoms with E-state index >= 15 is 0 Å². The number of aromatic nitrogens is 4. The predicted octanol–water partition coefficient (Wildman–Crippen LogP) is 4.58. The molecule has 0 atom stereocenters. The van der Waals surface area contributed by atoms with Gasteiger partial charge >= 0.3 is 5.97 Å². The average molecular weight is 470 g/mol. The van der Waals surface area contributed by atoms with Crippen molar-refractivity contribution in [2.75, 3.05) is 17.7 Å². The van der Waals surface area contributed by atoms with Gasteiger partial charge in [-0.3, -0.25) is 9.20 Å². The lowest BCUT2D eigenvalue weighted by atomic mass is 10.2. The number of hydrogen-bond donors (Lipinski definition) is 1. The van der Waals surface area contributed by atoms with Crippen molar-refractivity contribution in [3.8, 4) is 0 Å². The molecule has 0 aliphatic rings. The molecule has 0 aliphatic carbocycles. The fourth-order valence-corrected chi connectivity index (χ4v) is 4.84. The SMILES string of the molecule is Cc1nc(NC(=O)CCSc2nnc3ccc4ccccc4n23)sc1C(=O)OCC(C)C. The first kappa shape index (κ1) is 22.2. The topological polar surface area (TPSA) is 98.5 Å². The molecule has 3 aromatic heterocycles. The Kier molecular flexibility index (Phi) is 6.71. The highest BCUT2D eigenvalue weighted by molar-refractivity contribution is 7.99. The number of para-hydroxylation sites is 1. The number of thiazole rings is 1. The monoisotopic (exact) mass is 469 g/mol. The van der Waals surface area contributed by atoms with Crippen LogP contribution in [0.15, 0.2) is 41.6 Å². The van der Waals surface area contributed by atoms with Crippen molar-refractivity contribution in [2.45, 2.75) is 32.3 Å². The molecule has 0 radical (unpaired) electrons. The van der Waals surface area contributed by atoms with Crippen molar-refractivity contribution in [1.29, 1.82) is 0 Å². The van der Waals surface area contributed by atoms with Gasteiger partial charge in [0, 0.05) is 12.2 Å². The molecule has 3 heterocycles. The number of rotatable bonds is 8. The van der Waals surface area contributed by atoms with E-state index < -0.39 is 5.97 Å². The molecule has 0 saturated heterocycles. The number of fused-ring (bicyclic) bond motifs is 3. The van der Waals surface area contributed by atoms with Crippen molar-refractivity contribution < 1.29 is 14.3 Å². The van der Waals surface area contributed by atoms with Gasteiger partial charge in [-0.1, -0.05) is 55.1 Å². The molecule has 0 spiro atoms. The van der Waals surface area contributed by atoms with Gasteiger partial charge in [-0.25, -0.2) is 9.78 Å². The van der Waals surface area contributed by atoms with Gasteiger partial charge in [-0.15, -0.1) is 10.2 Å². The van der Waals surface area contributed by atoms with Gasteiger partial charge in [0.05, 0.1) is 17.8 Å². The molecule has 0 saturated carbocycles. The number of nitrogens with zero attached hydrogens (tertiary/aromatic N) is 4. The molecular weight excluding hydrogens is 446 g/mol. The van der Waals surface area contributed by atoms with E-state index in [1.165, 1.54) is 11.8 Å². The molecule has 1 aromatic carbocycles. The molecule has 10 heteroatoms. The molecule has 0 bridgehead atoms. The summed E-state index contributed by atoms with van der Waals surface area (Å²) in [5, 5.41) is 13.5. The van der Waals surface area contributed by atoms with Gasteiger partial charge in [0.15, 0.2) is 15.9 Å². The van der Waals surface area contributed by atoms with E-state index in [9.17, 15) is 9.59 Å². The Morgan fingerprint density at radius 3 is 2.81 bits per heavy atom. The summed E-state index contributed by atoms with van der Waals surface area (Å²) in [7, 11) is 0. The fraction of sp³-hybridized carbons (Fsp3) is 0.318. The van der Waals surface area contributed by atoms with Crippen LogP contribution < -0.4 is 5.32 Å². The number of esters is 1. The van der Waals surface area contributed by atoms with Crippen molar-refractivity contribution in [3.63, 3.8) is 0 Å². The van der Waals surface area contributed by atoms with Gasteiger partial charge in [0.25, 0.3) is 0 Å². The van der Waals surface area contributed by atoms with Gasteiger partial charge < -0.3 is 10.1 Å². The van der Waals surface area contributed by atoms with Crippen LogP contribution in [0, 0.1) is 12.8 Å². The Labute approximate surface area is 193 Å². The first-order valence-electron chi connectivity index (χ1n) is 10.2. The zero-order chi connectivity index (χ0) is 22.7. The number of aryl methyl sites for hydroxylation is 1. The molecule has 4 rings (SSSR count). The van der Waals surface area contributed by atoms with Crippen LogP contribution in [-0.2, 0) is 9.53 Å². The maximum absolute atomic E-state index is 12.4. The number of benzene rings is 1. The standard InChI is InChI=1S/C22H23N5O3S2/c1-13(2)12-30-20(29)19-14(3)23-21(32-19)24-18(28)10-11-31-22-26-25-17-9-8-15-6-4-5-7-16(15)27(17)22/h4-9,13H,10-12H2,1-3H3,(H,23,24,28). The lowest BCUT2D eigenvalue weighted by Gasteiger charge is -2.05. The number of carbonyl (C=O) groups is 2. The minimum absolute atomic E-state index is 0.174. The highest BCUT2D eigenvalue weighted by Gasteiger charge is 2.18. The molecular formula is C22H23N5O3S2. The molecule has 1 N–H and O–H groups in total. The highest BCUT2D eigenvalue weighted by Crippen LogP contribution is 2.25. The van der Waals surface area contributed by atoms with Gasteiger partial charge in [0.2, 0.25) is 5.91 Å². The molecule has 1 amide bonds. The van der Waals surface area contributed by atoms with Crippen LogP contribution >= 0.6 is 23.1 Å². The van der Waals surface area contributed by atoms with E-state index in [0.717, 1.165) is 33.0 Å². The van der Waals surface area contributed by atoms with Crippen LogP contribution in [-0.4, -0.2) is 43.8 Å². The van der Waals surface area contributed by atoms with Crippen molar-refractivity contribution in [1.82, 2.24) is 19.6 Å². The summed E-state index contributed by atoms with van der Waals surface area (Å²) in [5.41, 5.74) is 2.35. The molecule has 8 nitrogen and oxygen atoms in total. The van der Waals surface area contributed by atoms with E-state index in [0.29, 0.717) is 28.1 Å². The van der Waals surface area contributed by atoms with Gasteiger partial charge in [-0.2, -0.15) is 0 Å². The summed E-state index contributed by atoms with van der Waals surface area (Å²) in [6.07, 6.45) is 0.274. The minimum Gasteiger partial charge on any atom is -0.461 e. The van der Waals surface area contributed by atoms with Crippen LogP contribution in [0.1, 0.15) is 35.6 Å². The Bertz CT molecular complexity index is 1280. The minimum atomic E-state index is -0.407. The smallest absolute Gasteiger partial charge is 0.350 e. The molecule has 0 aliphatic heterocycles. The summed E-state index contributed by atoms with van der Waals surface area (Å²) < 4.78 is 7.26. The van der Waals surface area contributed by atoms with Crippen molar-refractivity contribution in [2.24, 2.45) is 5.92 Å². The van der Waals surface area contributed by atoms with E-state index in [1.54, 1.807) is 6.92 Å². The summed E-state index contributed by atoms with van der Waals surface area (Å²) in [4.78, 5) is 29.3. The van der Waals surface area contributed by atoms with Crippen LogP contribution in [0.5, 0.6) is 0 Å². The number of hydrogen-bond acceptors (Lipinski definition) is 8. The maximum Gasteiger partial charge on any atom is 0.350 e. The largest absolute Gasteiger partial charge is 0.461 e. The third kappa shape index (κ3) is 4.91. The maximum atomic E-state index is 12.4. The Hall–Kier alpha value is -2.98. The predicted molar refractivity (Wildman–Crippen MR) is 126 cm³/mol. The van der Waals surface area contributed by atoms with Crippen LogP contribution in [0.25, 0.3) is 16.6 Å². The highest BCUT2D eigenvalue weighted by atomic mass is 32.2. The summed E-state index contributed by atoms with van der Waals surface area (Å²) >= 11 is 2.60. The van der Waals surface area contributed by atoms with Crippen LogP contribution in [0.4, 0.5) is 5.13 Å². The second kappa shape index (κ2) is 9.66. The van der Waals surface area contributed by atoms with Crippen molar-refractivity contribution >= 4 is 56.7 Å². The number of amides is 1. The third-order valence-corrected chi connectivity index (χ3v) is 6.57. The Balaban J connectivity index is 1.36. The number of anilines is 1. The zero-order valence-electron chi connectivity index (χ0n) is 18.0. The molecule has 4 aromatic rings. The summed E-state index contributed by atoms with van der Waals surface area (Å²) in [6, 6.07) is 12.0. The van der Waals surface area contributed by atoms with Gasteiger partial charge in [0.1, 0.15) is 4.88 Å². The quantitative estimate of drug-likeness (QED) is 0.298. The van der Waals surface area contributed by atoms with Gasteiger partial charge in [-0.05, 0) is 36.4 Å². The van der Waals surface area contributed by atoms with E-state index in [4.69, 9.17) is 4.74 Å². The first-order chi connectivity index (χ1) is 15.4. The van der Waals surface area contributed by atoms with E-state index in [-0.39, 0.29) is 18.2 Å². The average Bonchev–Trinajstić information content (AvgIpc) is 3.35. The number of thioether (sulfide) groups is 1. The Morgan fingerprint density at radius 1 is 1.19 bits per heavy atom. The molecule has 0 unspecified atom stereocenters. The number of ether oxygens (including phenoxy) is 1. The third-order valence-electron chi connectivity index (χ3n) is 4.58. The lowest BCUT2D eigenvalue weighted by molar-refractivity contribution is -0.115. The first-order valence-corrected chi connectivity index (χ1v) is 12.0. The fourth-order valence-electron chi connectivity index (χ4n) is 3.07. The van der Waals surface area contributed by atoms with Crippen molar-refractivity contribution in [3.05, 3.63) is 47.0 Å². The molecule has 0 fully saturated rings. The number of nitrogens with one attached hydrogen (secondary N) is 1. The number of pyridine rings is 1. The van der Waals surface area contributed by atoms with E-state index in [1.807, 2.05) is 54.6 Å².